The van der Waals surface area contributed by atoms with E-state index >= 15 is 0 Å². The molecule has 11 N–H and O–H groups in total. The van der Waals surface area contributed by atoms with Crippen molar-refractivity contribution in [3.8, 4) is 0 Å². The Balaban J connectivity index is 1.80. The van der Waals surface area contributed by atoms with Crippen LogP contribution < -0.4 is 5.73 Å². The van der Waals surface area contributed by atoms with Gasteiger partial charge in [-0.2, -0.15) is 0 Å². The van der Waals surface area contributed by atoms with Gasteiger partial charge < -0.3 is 70.6 Å². The number of aliphatic hydroxyl groups excluding tert-OH is 7. The van der Waals surface area contributed by atoms with Crippen LogP contribution in [0.4, 0.5) is 0 Å². The number of nitrogens with two attached hydrogens (primary N) is 1. The Morgan fingerprint density at radius 3 is 1.81 bits per heavy atom. The summed E-state index contributed by atoms with van der Waals surface area (Å²) >= 11 is 0. The fraction of sp³-hybridized carbons (Fsp3) is 0.660. The van der Waals surface area contributed by atoms with Gasteiger partial charge in [-0.05, 0) is 52.4 Å². The second-order valence-corrected chi connectivity index (χ2v) is 17.3. The van der Waals surface area contributed by atoms with Crippen molar-refractivity contribution in [2.45, 2.75) is 177 Å². The standard InChI is InChI=1S/C47H73NO15/c1-29-17-15-13-11-9-7-5-6-8-10-12-14-16-18-37(62-46-44(56)41(48)43(55)32(4)61-46)27-39-38(45(57)58)23-24-47(59,63-39)28-35(51)22-20-33(49)19-21-34(50)25-36(52)26-40(53)60-31(3)30(2)42(29)54/h5-18,29-39,41-44,46,49-52,54-56,59H,19-28,48H2,1-4H3,(H,57,58)/b6-5-,9-7-,10-8-,13-11-,14-12-,17-15-,18-16-/t29-,30-,31-,32?,33+,34+,35-,36+,37-,38+,39-,41?,42+,43?,44?,46?,47-/m0/s1. The minimum Gasteiger partial charge on any atom is -0.481 e. The normalized spacial score (nSPS) is 44.2. The molecule has 16 heteroatoms. The van der Waals surface area contributed by atoms with Gasteiger partial charge in [-0.3, -0.25) is 9.59 Å². The fourth-order valence-corrected chi connectivity index (χ4v) is 7.79. The Morgan fingerprint density at radius 1 is 0.683 bits per heavy atom. The summed E-state index contributed by atoms with van der Waals surface area (Å²) in [5, 5.41) is 96.3. The predicted molar refractivity (Wildman–Crippen MR) is 234 cm³/mol. The first-order chi connectivity index (χ1) is 29.8. The second-order valence-electron chi connectivity index (χ2n) is 17.3. The average Bonchev–Trinajstić information content (AvgIpc) is 3.21. The van der Waals surface area contributed by atoms with Crippen LogP contribution in [-0.2, 0) is 28.5 Å². The van der Waals surface area contributed by atoms with Gasteiger partial charge in [-0.15, -0.1) is 0 Å². The van der Waals surface area contributed by atoms with Crippen LogP contribution in [0.1, 0.15) is 91.9 Å². The van der Waals surface area contributed by atoms with Gasteiger partial charge in [-0.1, -0.05) is 98.9 Å². The van der Waals surface area contributed by atoms with E-state index < -0.39 is 109 Å². The van der Waals surface area contributed by atoms with Crippen LogP contribution in [-0.4, -0.2) is 143 Å². The molecule has 0 radical (unpaired) electrons. The molecule has 0 aromatic carbocycles. The molecule has 2 fully saturated rings. The summed E-state index contributed by atoms with van der Waals surface area (Å²) < 4.78 is 23.4. The molecular weight excluding hydrogens is 819 g/mol. The quantitative estimate of drug-likeness (QED) is 0.182. The van der Waals surface area contributed by atoms with Crippen LogP contribution in [0.2, 0.25) is 0 Å². The molecule has 0 saturated carbocycles. The van der Waals surface area contributed by atoms with Crippen LogP contribution in [0.3, 0.4) is 0 Å². The molecule has 5 unspecified atom stereocenters. The predicted octanol–water partition coefficient (Wildman–Crippen LogP) is 2.77. The molecule has 16 nitrogen and oxygen atoms in total. The monoisotopic (exact) mass is 891 g/mol. The van der Waals surface area contributed by atoms with Crippen molar-refractivity contribution in [1.29, 1.82) is 0 Å². The molecule has 3 aliphatic rings. The lowest BCUT2D eigenvalue weighted by Crippen LogP contribution is -2.61. The van der Waals surface area contributed by atoms with E-state index in [0.29, 0.717) is 0 Å². The topological polar surface area (TPSA) is 279 Å². The zero-order valence-electron chi connectivity index (χ0n) is 36.9. The summed E-state index contributed by atoms with van der Waals surface area (Å²) in [6, 6.07) is -1.08. The molecule has 2 saturated heterocycles. The highest BCUT2D eigenvalue weighted by Crippen LogP contribution is 2.38. The Kier molecular flexibility index (Phi) is 23.3. The largest absolute Gasteiger partial charge is 0.481 e. The van der Waals surface area contributed by atoms with Crippen LogP contribution in [0, 0.1) is 17.8 Å². The molecule has 17 atom stereocenters. The van der Waals surface area contributed by atoms with Crippen molar-refractivity contribution in [3.05, 3.63) is 85.1 Å². The van der Waals surface area contributed by atoms with Crippen molar-refractivity contribution < 1.29 is 74.5 Å². The summed E-state index contributed by atoms with van der Waals surface area (Å²) in [6.07, 6.45) is 11.9. The van der Waals surface area contributed by atoms with Gasteiger partial charge in [0.05, 0.1) is 73.3 Å². The molecule has 3 heterocycles. The van der Waals surface area contributed by atoms with Crippen LogP contribution in [0.5, 0.6) is 0 Å². The zero-order valence-corrected chi connectivity index (χ0v) is 36.9. The number of ether oxygens (including phenoxy) is 4. The highest BCUT2D eigenvalue weighted by molar-refractivity contribution is 5.71. The van der Waals surface area contributed by atoms with Crippen molar-refractivity contribution in [3.63, 3.8) is 0 Å². The second kappa shape index (κ2) is 27.2. The van der Waals surface area contributed by atoms with Gasteiger partial charge in [0, 0.05) is 31.1 Å². The van der Waals surface area contributed by atoms with Crippen molar-refractivity contribution in [2.75, 3.05) is 0 Å². The molecule has 3 aliphatic heterocycles. The van der Waals surface area contributed by atoms with E-state index in [2.05, 4.69) is 0 Å². The Hall–Kier alpha value is -3.36. The van der Waals surface area contributed by atoms with Gasteiger partial charge in [0.15, 0.2) is 12.1 Å². The first-order valence-electron chi connectivity index (χ1n) is 22.1. The lowest BCUT2D eigenvalue weighted by molar-refractivity contribution is -0.295. The van der Waals surface area contributed by atoms with Gasteiger partial charge in [0.1, 0.15) is 12.2 Å². The number of carbonyl (C=O) groups is 2. The van der Waals surface area contributed by atoms with E-state index in [4.69, 9.17) is 24.7 Å². The number of carbonyl (C=O) groups excluding carboxylic acids is 1. The van der Waals surface area contributed by atoms with Gasteiger partial charge >= 0.3 is 11.9 Å². The lowest BCUT2D eigenvalue weighted by Gasteiger charge is -2.43. The summed E-state index contributed by atoms with van der Waals surface area (Å²) in [5.41, 5.74) is 6.04. The van der Waals surface area contributed by atoms with E-state index in [1.165, 1.54) is 0 Å². The minimum absolute atomic E-state index is 0.0156. The highest BCUT2D eigenvalue weighted by atomic mass is 16.7. The molecule has 0 spiro atoms. The maximum atomic E-state index is 12.6. The van der Waals surface area contributed by atoms with Crippen molar-refractivity contribution in [1.82, 2.24) is 0 Å². The Labute approximate surface area is 371 Å². The third kappa shape index (κ3) is 18.9. The third-order valence-corrected chi connectivity index (χ3v) is 11.9. The number of rotatable bonds is 3. The summed E-state index contributed by atoms with van der Waals surface area (Å²) in [6.45, 7) is 6.88. The number of esters is 1. The molecule has 0 aliphatic carbocycles. The molecule has 3 rings (SSSR count). The summed E-state index contributed by atoms with van der Waals surface area (Å²) in [5.74, 6) is -5.47. The summed E-state index contributed by atoms with van der Waals surface area (Å²) in [4.78, 5) is 25.0. The zero-order chi connectivity index (χ0) is 46.7. The average molecular weight is 892 g/mol. The number of cyclic esters (lactones) is 1. The van der Waals surface area contributed by atoms with E-state index in [1.54, 1.807) is 57.2 Å². The van der Waals surface area contributed by atoms with Gasteiger partial charge in [-0.25, -0.2) is 0 Å². The fourth-order valence-electron chi connectivity index (χ4n) is 7.79. The van der Waals surface area contributed by atoms with E-state index in [0.717, 1.165) is 0 Å². The first-order valence-corrected chi connectivity index (χ1v) is 22.1. The van der Waals surface area contributed by atoms with Gasteiger partial charge in [0.2, 0.25) is 0 Å². The van der Waals surface area contributed by atoms with Crippen molar-refractivity contribution >= 4 is 11.9 Å². The number of hydrogen-bond acceptors (Lipinski definition) is 15. The number of carboxylic acids is 1. The van der Waals surface area contributed by atoms with E-state index in [9.17, 15) is 55.5 Å². The third-order valence-electron chi connectivity index (χ3n) is 11.9. The molecule has 0 aromatic rings. The van der Waals surface area contributed by atoms with Crippen LogP contribution in [0.25, 0.3) is 0 Å². The SMILES string of the molecule is CC1OC(O[C@H]2\C=C/C=C\C=C/C=C\C=C/C=C\C=C/[C@H](C)[C@@H](O)[C@@H](C)[C@H](C)OC(=O)C[C@H](O)C[C@H](O)CC[C@@H](O)CC[C@H](O)C[C@]3(O)CC[C@@H](C(=O)O)[C@H](C2)O3)C(O)C(N)C1O. The molecule has 0 aromatic heterocycles. The number of carboxylic acid groups (broad SMARTS) is 1. The molecule has 63 heavy (non-hydrogen) atoms. The summed E-state index contributed by atoms with van der Waals surface area (Å²) in [7, 11) is 0. The van der Waals surface area contributed by atoms with Crippen molar-refractivity contribution in [2.24, 2.45) is 23.5 Å². The van der Waals surface area contributed by atoms with Crippen LogP contribution in [0.15, 0.2) is 85.1 Å². The smallest absolute Gasteiger partial charge is 0.309 e. The van der Waals surface area contributed by atoms with Crippen LogP contribution >= 0.6 is 0 Å². The number of hydrogen-bond donors (Lipinski definition) is 10. The maximum absolute atomic E-state index is 12.6. The molecular formula is C47H73NO15. The number of allylic oxidation sites excluding steroid dienone is 12. The minimum atomic E-state index is -1.92. The maximum Gasteiger partial charge on any atom is 0.309 e. The molecule has 356 valence electrons. The Bertz CT molecular complexity index is 1600. The molecule has 0 amide bonds. The number of aliphatic hydroxyl groups is 8. The molecule has 2 bridgehead atoms. The number of fused-ring (bicyclic) bond motifs is 2. The first kappa shape index (κ1) is 54.0. The van der Waals surface area contributed by atoms with E-state index in [1.807, 2.05) is 55.5 Å². The highest BCUT2D eigenvalue weighted by Gasteiger charge is 2.46. The lowest BCUT2D eigenvalue weighted by atomic mass is 9.85. The number of aliphatic carboxylic acids is 1. The Morgan fingerprint density at radius 2 is 1.22 bits per heavy atom. The van der Waals surface area contributed by atoms with E-state index in [-0.39, 0.29) is 70.1 Å². The van der Waals surface area contributed by atoms with Gasteiger partial charge in [0.25, 0.3) is 0 Å².